The zero-order valence-corrected chi connectivity index (χ0v) is 9.48. The molecule has 0 spiro atoms. The van der Waals surface area contributed by atoms with E-state index in [1.807, 2.05) is 11.4 Å². The molecule has 1 saturated heterocycles. The predicted molar refractivity (Wildman–Crippen MR) is 61.8 cm³/mol. The number of rotatable bonds is 3. The molecule has 1 aliphatic rings. The van der Waals surface area contributed by atoms with Crippen molar-refractivity contribution in [2.75, 3.05) is 6.54 Å². The van der Waals surface area contributed by atoms with Crippen LogP contribution in [0.5, 0.6) is 0 Å². The summed E-state index contributed by atoms with van der Waals surface area (Å²) in [6, 6.07) is 2.07. The van der Waals surface area contributed by atoms with Crippen molar-refractivity contribution in [3.05, 3.63) is 22.4 Å². The smallest absolute Gasteiger partial charge is 0.237 e. The van der Waals surface area contributed by atoms with Gasteiger partial charge in [-0.15, -0.1) is 0 Å². The lowest BCUT2D eigenvalue weighted by molar-refractivity contribution is -0.123. The zero-order valence-electron chi connectivity index (χ0n) is 8.66. The molecule has 0 saturated carbocycles. The molecule has 1 aromatic rings. The van der Waals surface area contributed by atoms with Gasteiger partial charge in [0.1, 0.15) is 0 Å². The molecule has 0 radical (unpaired) electrons. The molecule has 0 aromatic carbocycles. The third-order valence-corrected chi connectivity index (χ3v) is 3.41. The fraction of sp³-hybridized carbons (Fsp3) is 0.545. The van der Waals surface area contributed by atoms with Gasteiger partial charge in [0.2, 0.25) is 5.91 Å². The molecule has 1 aromatic heterocycles. The Labute approximate surface area is 93.9 Å². The number of hydrogen-bond donors (Lipinski definition) is 2. The summed E-state index contributed by atoms with van der Waals surface area (Å²) in [6.45, 7) is 1.62. The van der Waals surface area contributed by atoms with Gasteiger partial charge in [0.25, 0.3) is 0 Å². The Morgan fingerprint density at radius 3 is 3.20 bits per heavy atom. The minimum Gasteiger partial charge on any atom is -0.351 e. The number of nitrogens with one attached hydrogen (secondary N) is 2. The molecule has 15 heavy (non-hydrogen) atoms. The van der Waals surface area contributed by atoms with E-state index in [4.69, 9.17) is 0 Å². The lowest BCUT2D eigenvalue weighted by atomic mass is 10.0. The quantitative estimate of drug-likeness (QED) is 0.817. The van der Waals surface area contributed by atoms with E-state index in [2.05, 4.69) is 16.0 Å². The highest BCUT2D eigenvalue weighted by Gasteiger charge is 2.19. The van der Waals surface area contributed by atoms with Crippen LogP contribution in [0.25, 0.3) is 0 Å². The maximum Gasteiger partial charge on any atom is 0.237 e. The summed E-state index contributed by atoms with van der Waals surface area (Å²) in [5, 5.41) is 10.3. The molecule has 4 heteroatoms. The van der Waals surface area contributed by atoms with E-state index in [1.165, 1.54) is 12.0 Å². The maximum atomic E-state index is 11.7. The highest BCUT2D eigenvalue weighted by molar-refractivity contribution is 7.07. The van der Waals surface area contributed by atoms with Crippen molar-refractivity contribution in [1.29, 1.82) is 0 Å². The summed E-state index contributed by atoms with van der Waals surface area (Å²) in [7, 11) is 0. The lowest BCUT2D eigenvalue weighted by Gasteiger charge is -2.22. The fourth-order valence-corrected chi connectivity index (χ4v) is 2.45. The summed E-state index contributed by atoms with van der Waals surface area (Å²) in [6.07, 6.45) is 3.31. The lowest BCUT2D eigenvalue weighted by Crippen LogP contribution is -2.46. The number of carbonyl (C=O) groups is 1. The summed E-state index contributed by atoms with van der Waals surface area (Å²) in [4.78, 5) is 11.7. The van der Waals surface area contributed by atoms with Crippen molar-refractivity contribution in [2.45, 2.75) is 31.8 Å². The normalized spacial score (nSPS) is 21.2. The Balaban J connectivity index is 1.76. The van der Waals surface area contributed by atoms with Crippen LogP contribution < -0.4 is 10.6 Å². The van der Waals surface area contributed by atoms with Gasteiger partial charge in [0.05, 0.1) is 6.04 Å². The van der Waals surface area contributed by atoms with E-state index in [-0.39, 0.29) is 11.9 Å². The van der Waals surface area contributed by atoms with E-state index >= 15 is 0 Å². The van der Waals surface area contributed by atoms with E-state index in [0.29, 0.717) is 6.54 Å². The second-order valence-corrected chi connectivity index (χ2v) is 4.63. The van der Waals surface area contributed by atoms with Crippen LogP contribution in [0.2, 0.25) is 0 Å². The number of piperidine rings is 1. The van der Waals surface area contributed by atoms with Gasteiger partial charge < -0.3 is 10.6 Å². The Bertz CT molecular complexity index is 304. The molecular formula is C11H16N2OS. The molecule has 0 unspecified atom stereocenters. The van der Waals surface area contributed by atoms with Gasteiger partial charge in [-0.05, 0) is 41.8 Å². The summed E-state index contributed by atoms with van der Waals surface area (Å²) >= 11 is 1.66. The molecule has 3 nitrogen and oxygen atoms in total. The van der Waals surface area contributed by atoms with E-state index < -0.39 is 0 Å². The van der Waals surface area contributed by atoms with E-state index in [1.54, 1.807) is 11.3 Å². The topological polar surface area (TPSA) is 41.1 Å². The van der Waals surface area contributed by atoms with Gasteiger partial charge in [-0.1, -0.05) is 6.42 Å². The molecule has 1 fully saturated rings. The van der Waals surface area contributed by atoms with Gasteiger partial charge in [-0.2, -0.15) is 11.3 Å². The molecule has 1 aliphatic heterocycles. The first-order chi connectivity index (χ1) is 7.36. The van der Waals surface area contributed by atoms with E-state index in [9.17, 15) is 4.79 Å². The first-order valence-corrected chi connectivity index (χ1v) is 6.33. The van der Waals surface area contributed by atoms with Crippen molar-refractivity contribution in [3.63, 3.8) is 0 Å². The second-order valence-electron chi connectivity index (χ2n) is 3.85. The van der Waals surface area contributed by atoms with Gasteiger partial charge in [0, 0.05) is 6.54 Å². The zero-order chi connectivity index (χ0) is 10.5. The highest BCUT2D eigenvalue weighted by atomic mass is 32.1. The van der Waals surface area contributed by atoms with Gasteiger partial charge in [0.15, 0.2) is 0 Å². The summed E-state index contributed by atoms with van der Waals surface area (Å²) in [5.74, 6) is 0.140. The van der Waals surface area contributed by atoms with Crippen LogP contribution in [0.15, 0.2) is 16.8 Å². The molecular weight excluding hydrogens is 208 g/mol. The molecule has 82 valence electrons. The third kappa shape index (κ3) is 3.04. The van der Waals surface area contributed by atoms with Crippen LogP contribution in [0.1, 0.15) is 24.8 Å². The molecule has 0 bridgehead atoms. The Morgan fingerprint density at radius 1 is 1.60 bits per heavy atom. The van der Waals surface area contributed by atoms with Gasteiger partial charge >= 0.3 is 0 Å². The van der Waals surface area contributed by atoms with Crippen molar-refractivity contribution >= 4 is 17.2 Å². The van der Waals surface area contributed by atoms with Crippen molar-refractivity contribution in [3.8, 4) is 0 Å². The van der Waals surface area contributed by atoms with Crippen molar-refractivity contribution in [2.24, 2.45) is 0 Å². The summed E-state index contributed by atoms with van der Waals surface area (Å²) < 4.78 is 0. The Hall–Kier alpha value is -0.870. The number of amides is 1. The highest BCUT2D eigenvalue weighted by Crippen LogP contribution is 2.08. The van der Waals surface area contributed by atoms with E-state index in [0.717, 1.165) is 19.4 Å². The number of carbonyl (C=O) groups excluding carboxylic acids is 1. The Morgan fingerprint density at radius 2 is 2.53 bits per heavy atom. The first-order valence-electron chi connectivity index (χ1n) is 5.38. The average molecular weight is 224 g/mol. The average Bonchev–Trinajstić information content (AvgIpc) is 2.80. The number of thiophene rings is 1. The van der Waals surface area contributed by atoms with Gasteiger partial charge in [-0.25, -0.2) is 0 Å². The van der Waals surface area contributed by atoms with Gasteiger partial charge in [-0.3, -0.25) is 4.79 Å². The van der Waals surface area contributed by atoms with Crippen LogP contribution in [-0.4, -0.2) is 18.5 Å². The standard InChI is InChI=1S/C11H16N2OS/c14-11(10-3-1-2-5-12-10)13-7-9-4-6-15-8-9/h4,6,8,10,12H,1-3,5,7H2,(H,13,14)/t10-/m0/s1. The molecule has 1 atom stereocenters. The van der Waals surface area contributed by atoms with Crippen molar-refractivity contribution < 1.29 is 4.79 Å². The monoisotopic (exact) mass is 224 g/mol. The molecule has 2 N–H and O–H groups in total. The first kappa shape index (κ1) is 10.6. The second kappa shape index (κ2) is 5.28. The summed E-state index contributed by atoms with van der Waals surface area (Å²) in [5.41, 5.74) is 1.18. The predicted octanol–water partition coefficient (Wildman–Crippen LogP) is 1.51. The van der Waals surface area contributed by atoms with Crippen molar-refractivity contribution in [1.82, 2.24) is 10.6 Å². The third-order valence-electron chi connectivity index (χ3n) is 2.67. The fourth-order valence-electron chi connectivity index (χ4n) is 1.78. The molecule has 1 amide bonds. The van der Waals surface area contributed by atoms with Crippen LogP contribution in [-0.2, 0) is 11.3 Å². The molecule has 2 rings (SSSR count). The minimum absolute atomic E-state index is 0.0254. The molecule has 0 aliphatic carbocycles. The minimum atomic E-state index is 0.0254. The largest absolute Gasteiger partial charge is 0.351 e. The maximum absolute atomic E-state index is 11.7. The van der Waals surface area contributed by atoms with Crippen LogP contribution in [0, 0.1) is 0 Å². The van der Waals surface area contributed by atoms with Crippen LogP contribution >= 0.6 is 11.3 Å². The Kier molecular flexibility index (Phi) is 3.75. The molecule has 2 heterocycles. The van der Waals surface area contributed by atoms with Crippen LogP contribution in [0.3, 0.4) is 0 Å². The van der Waals surface area contributed by atoms with Crippen LogP contribution in [0.4, 0.5) is 0 Å². The SMILES string of the molecule is O=C(NCc1ccsc1)[C@@H]1CCCCN1. The number of hydrogen-bond acceptors (Lipinski definition) is 3.